The first-order valence-corrected chi connectivity index (χ1v) is 31.3. The van der Waals surface area contributed by atoms with E-state index < -0.39 is 63.9 Å². The SMILES string of the molecule is C=CC(=O)OCCCCCCOc1ccc(-c2ccc(C(=O)Oc3ccc(-c4sc(C)c(C5=C(c6c(C)sc(-c7ccc(OC(=O)c8ccc(-c9ccc(OCCCCCCOC(=O)C=C)cc9)cc8)cc7)c6C)C(F)(F)C(F)(F)C5(F)F)c4C)cc3)cc2)cc1. The van der Waals surface area contributed by atoms with E-state index in [4.69, 9.17) is 28.4 Å². The minimum Gasteiger partial charge on any atom is -0.494 e. The van der Waals surface area contributed by atoms with Crippen molar-refractivity contribution in [2.75, 3.05) is 26.4 Å². The van der Waals surface area contributed by atoms with Crippen molar-refractivity contribution in [2.24, 2.45) is 0 Å². The smallest absolute Gasteiger partial charge is 0.380 e. The fourth-order valence-corrected chi connectivity index (χ4v) is 13.1. The molecule has 0 radical (unpaired) electrons. The van der Waals surface area contributed by atoms with E-state index in [1.165, 1.54) is 52.0 Å². The van der Waals surface area contributed by atoms with Gasteiger partial charge in [0.25, 0.3) is 0 Å². The molecule has 10 nitrogen and oxygen atoms in total. The fraction of sp³-hybridized carbons (Fsp3) is 0.260. The molecule has 2 aromatic heterocycles. The van der Waals surface area contributed by atoms with Crippen molar-refractivity contribution in [1.82, 2.24) is 0 Å². The van der Waals surface area contributed by atoms with Crippen molar-refractivity contribution in [2.45, 2.75) is 96.8 Å². The van der Waals surface area contributed by atoms with E-state index in [0.29, 0.717) is 58.8 Å². The van der Waals surface area contributed by atoms with Crippen molar-refractivity contribution >= 4 is 57.7 Å². The molecule has 0 atom stereocenters. The maximum Gasteiger partial charge on any atom is 0.380 e. The van der Waals surface area contributed by atoms with Gasteiger partial charge in [0.1, 0.15) is 23.0 Å². The standard InChI is InChI=1S/C73H66F6O10S2/c1-7-61(80)86-43-15-11-9-13-41-84-57-33-25-51(26-34-57)49-17-21-55(22-18-49)69(82)88-59-37-29-53(30-38-59)67-45(3)63(47(5)90-67)65-66(72(76,77)73(78,79)71(65,74)75)64-46(4)68(91-48(64)6)54-31-39-60(40-32-54)89-70(83)56-23-19-50(20-24-56)52-27-35-58(36-28-52)85-42-14-10-12-16-44-87-62(81)8-2/h7-8,17-40H,1-2,9-16,41-44H2,3-6H3. The van der Waals surface area contributed by atoms with Gasteiger partial charge in [-0.05, 0) is 221 Å². The zero-order valence-electron chi connectivity index (χ0n) is 50.6. The van der Waals surface area contributed by atoms with E-state index in [1.54, 1.807) is 72.8 Å². The highest BCUT2D eigenvalue weighted by Crippen LogP contribution is 2.67. The number of allylic oxidation sites excluding steroid dienone is 2. The van der Waals surface area contributed by atoms with Gasteiger partial charge in [-0.15, -0.1) is 22.7 Å². The lowest BCUT2D eigenvalue weighted by Crippen LogP contribution is -2.49. The van der Waals surface area contributed by atoms with Crippen LogP contribution in [0.2, 0.25) is 0 Å². The summed E-state index contributed by atoms with van der Waals surface area (Å²) in [4.78, 5) is 49.9. The van der Waals surface area contributed by atoms with Crippen LogP contribution in [-0.4, -0.2) is 68.1 Å². The number of alkyl halides is 6. The topological polar surface area (TPSA) is 124 Å². The Kier molecular flexibility index (Phi) is 21.4. The number of benzene rings is 6. The molecule has 9 rings (SSSR count). The summed E-state index contributed by atoms with van der Waals surface area (Å²) in [6.45, 7) is 14.3. The number of unbranched alkanes of at least 4 members (excludes halogenated alkanes) is 6. The number of hydrogen-bond donors (Lipinski definition) is 0. The number of halogens is 6. The zero-order chi connectivity index (χ0) is 65.0. The summed E-state index contributed by atoms with van der Waals surface area (Å²) < 4.78 is 131. The Balaban J connectivity index is 0.830. The van der Waals surface area contributed by atoms with E-state index >= 15 is 26.3 Å². The first-order valence-electron chi connectivity index (χ1n) is 29.6. The van der Waals surface area contributed by atoms with Gasteiger partial charge in [-0.25, -0.2) is 19.2 Å². The molecular weight excluding hydrogens is 1210 g/mol. The quantitative estimate of drug-likeness (QED) is 0.0154. The largest absolute Gasteiger partial charge is 0.494 e. The van der Waals surface area contributed by atoms with Gasteiger partial charge in [-0.2, -0.15) is 26.3 Å². The number of hydrogen-bond acceptors (Lipinski definition) is 12. The number of ether oxygens (including phenoxy) is 6. The van der Waals surface area contributed by atoms with Crippen LogP contribution < -0.4 is 18.9 Å². The first-order chi connectivity index (χ1) is 43.6. The van der Waals surface area contributed by atoms with Gasteiger partial charge >= 0.3 is 41.6 Å². The van der Waals surface area contributed by atoms with Crippen LogP contribution in [0.4, 0.5) is 26.3 Å². The summed E-state index contributed by atoms with van der Waals surface area (Å²) in [5, 5.41) is 0. The summed E-state index contributed by atoms with van der Waals surface area (Å²) in [6, 6.07) is 41.0. The summed E-state index contributed by atoms with van der Waals surface area (Å²) in [7, 11) is 0. The maximum atomic E-state index is 16.5. The molecule has 0 spiro atoms. The van der Waals surface area contributed by atoms with E-state index in [0.717, 1.165) is 108 Å². The van der Waals surface area contributed by atoms with Crippen molar-refractivity contribution in [3.8, 4) is 66.1 Å². The molecule has 0 unspecified atom stereocenters. The highest BCUT2D eigenvalue weighted by molar-refractivity contribution is 7.16. The monoisotopic (exact) mass is 1280 g/mol. The van der Waals surface area contributed by atoms with Gasteiger partial charge in [0.05, 0.1) is 37.6 Å². The molecule has 91 heavy (non-hydrogen) atoms. The summed E-state index contributed by atoms with van der Waals surface area (Å²) in [5.74, 6) is -16.8. The highest BCUT2D eigenvalue weighted by atomic mass is 32.1. The van der Waals surface area contributed by atoms with E-state index in [9.17, 15) is 19.2 Å². The Bertz CT molecular complexity index is 3690. The third-order valence-electron chi connectivity index (χ3n) is 15.5. The Morgan fingerprint density at radius 3 is 1.00 bits per heavy atom. The maximum absolute atomic E-state index is 16.5. The van der Waals surface area contributed by atoms with Crippen molar-refractivity contribution in [1.29, 1.82) is 0 Å². The van der Waals surface area contributed by atoms with Crippen LogP contribution in [0, 0.1) is 27.7 Å². The molecule has 0 saturated heterocycles. The summed E-state index contributed by atoms with van der Waals surface area (Å²) in [5.41, 5.74) is 1.42. The Morgan fingerprint density at radius 1 is 0.396 bits per heavy atom. The Labute approximate surface area is 532 Å². The molecule has 2 heterocycles. The Morgan fingerprint density at radius 2 is 0.681 bits per heavy atom. The molecule has 0 amide bonds. The molecule has 472 valence electrons. The minimum absolute atomic E-state index is 0.0930. The summed E-state index contributed by atoms with van der Waals surface area (Å²) in [6.07, 6.45) is 9.18. The molecule has 0 saturated carbocycles. The molecule has 0 aliphatic heterocycles. The number of aryl methyl sites for hydroxylation is 2. The molecule has 1 aliphatic carbocycles. The molecule has 6 aromatic carbocycles. The van der Waals surface area contributed by atoms with Gasteiger partial charge in [-0.3, -0.25) is 0 Å². The second-order valence-electron chi connectivity index (χ2n) is 21.7. The van der Waals surface area contributed by atoms with Crippen LogP contribution in [0.15, 0.2) is 171 Å². The Hall–Kier alpha value is -9.00. The van der Waals surface area contributed by atoms with Gasteiger partial charge in [0.2, 0.25) is 0 Å². The third kappa shape index (κ3) is 15.1. The number of carbonyl (C=O) groups is 4. The predicted molar refractivity (Wildman–Crippen MR) is 344 cm³/mol. The van der Waals surface area contributed by atoms with Crippen LogP contribution in [0.1, 0.15) is 104 Å². The van der Waals surface area contributed by atoms with Gasteiger partial charge in [0.15, 0.2) is 0 Å². The average Bonchev–Trinajstić information content (AvgIpc) is 1.52. The van der Waals surface area contributed by atoms with Crippen molar-refractivity contribution < 1.29 is 73.9 Å². The van der Waals surface area contributed by atoms with Gasteiger partial charge < -0.3 is 28.4 Å². The highest BCUT2D eigenvalue weighted by Gasteiger charge is 2.80. The van der Waals surface area contributed by atoms with E-state index in [2.05, 4.69) is 13.2 Å². The molecule has 18 heteroatoms. The second kappa shape index (κ2) is 29.3. The number of esters is 4. The van der Waals surface area contributed by atoms with Gasteiger partial charge in [-0.1, -0.05) is 61.7 Å². The lowest BCUT2D eigenvalue weighted by Gasteiger charge is -2.26. The van der Waals surface area contributed by atoms with Crippen LogP contribution in [0.5, 0.6) is 23.0 Å². The third-order valence-corrected chi connectivity index (χ3v) is 18.0. The second-order valence-corrected chi connectivity index (χ2v) is 24.2. The number of carbonyl (C=O) groups excluding carboxylic acids is 4. The fourth-order valence-electron chi connectivity index (χ4n) is 10.7. The molecule has 0 bridgehead atoms. The molecule has 0 fully saturated rings. The average molecular weight is 1280 g/mol. The molecular formula is C73H66F6O10S2. The molecule has 1 aliphatic rings. The van der Waals surface area contributed by atoms with Crippen LogP contribution in [-0.2, 0) is 19.1 Å². The summed E-state index contributed by atoms with van der Waals surface area (Å²) >= 11 is 1.98. The zero-order valence-corrected chi connectivity index (χ0v) is 52.2. The van der Waals surface area contributed by atoms with Crippen LogP contribution >= 0.6 is 22.7 Å². The van der Waals surface area contributed by atoms with Crippen LogP contribution in [0.25, 0.3) is 54.3 Å². The lowest BCUT2D eigenvalue weighted by molar-refractivity contribution is -0.254. The molecule has 8 aromatic rings. The minimum atomic E-state index is -5.79. The van der Waals surface area contributed by atoms with Crippen LogP contribution in [0.3, 0.4) is 0 Å². The number of rotatable bonds is 28. The van der Waals surface area contributed by atoms with E-state index in [-0.39, 0.29) is 43.5 Å². The first kappa shape index (κ1) is 66.4. The van der Waals surface area contributed by atoms with Crippen molar-refractivity contribution in [3.05, 3.63) is 214 Å². The predicted octanol–water partition coefficient (Wildman–Crippen LogP) is 19.3. The number of thiophene rings is 2. The van der Waals surface area contributed by atoms with E-state index in [1.807, 2.05) is 48.5 Å². The normalized spacial score (nSPS) is 13.7. The van der Waals surface area contributed by atoms with Gasteiger partial charge in [0, 0.05) is 53.9 Å². The molecule has 0 N–H and O–H groups in total. The van der Waals surface area contributed by atoms with Crippen molar-refractivity contribution in [3.63, 3.8) is 0 Å². The lowest BCUT2D eigenvalue weighted by atomic mass is 9.90.